The Labute approximate surface area is 156 Å². The van der Waals surface area contributed by atoms with Crippen LogP contribution in [0.1, 0.15) is 16.1 Å². The molecule has 1 amide bonds. The number of carboxylic acid groups (broad SMARTS) is 1. The number of aliphatic imine (C=N–C) groups is 1. The standard InChI is InChI=1S/C17H11N3O6S/c21-15-13(7-3-4-10-8-9-14(26-10)20(24)25)27-17(19-15)18-12-6-2-1-5-11(12)16(22)23/h1-9H,(H,22,23)(H,18,19,21)/b4-3+,13-7-. The molecule has 1 saturated heterocycles. The van der Waals surface area contributed by atoms with Gasteiger partial charge in [0.05, 0.1) is 22.2 Å². The molecule has 9 nitrogen and oxygen atoms in total. The SMILES string of the molecule is O=C1NC(=Nc2ccccc2C(=O)O)S/C1=C\C=C\c1ccc([N+](=O)[O-])o1. The Kier molecular flexibility index (Phi) is 5.18. The molecule has 0 atom stereocenters. The van der Waals surface area contributed by atoms with Crippen molar-refractivity contribution in [2.24, 2.45) is 4.99 Å². The van der Waals surface area contributed by atoms with Gasteiger partial charge in [-0.25, -0.2) is 9.79 Å². The summed E-state index contributed by atoms with van der Waals surface area (Å²) < 4.78 is 4.97. The van der Waals surface area contributed by atoms with Gasteiger partial charge in [-0.15, -0.1) is 0 Å². The van der Waals surface area contributed by atoms with Crippen LogP contribution in [0, 0.1) is 10.1 Å². The van der Waals surface area contributed by atoms with Gasteiger partial charge < -0.3 is 14.8 Å². The number of carboxylic acids is 1. The van der Waals surface area contributed by atoms with Crippen molar-refractivity contribution in [3.63, 3.8) is 0 Å². The third kappa shape index (κ3) is 4.30. The van der Waals surface area contributed by atoms with Crippen LogP contribution in [0.25, 0.3) is 6.08 Å². The van der Waals surface area contributed by atoms with Crippen molar-refractivity contribution < 1.29 is 24.0 Å². The number of hydrogen-bond donors (Lipinski definition) is 2. The van der Waals surface area contributed by atoms with Crippen LogP contribution in [0.2, 0.25) is 0 Å². The second-order valence-corrected chi connectivity index (χ2v) is 6.15. The number of para-hydroxylation sites is 1. The van der Waals surface area contributed by atoms with Gasteiger partial charge >= 0.3 is 11.9 Å². The quantitative estimate of drug-likeness (QED) is 0.458. The molecule has 0 radical (unpaired) electrons. The molecule has 1 aliphatic rings. The summed E-state index contributed by atoms with van der Waals surface area (Å²) in [5.74, 6) is -1.61. The number of carbonyl (C=O) groups is 2. The molecule has 27 heavy (non-hydrogen) atoms. The number of thioether (sulfide) groups is 1. The average molecular weight is 385 g/mol. The van der Waals surface area contributed by atoms with Gasteiger partial charge in [-0.2, -0.15) is 0 Å². The third-order valence-corrected chi connectivity index (χ3v) is 4.24. The van der Waals surface area contributed by atoms with Gasteiger partial charge in [-0.05, 0) is 42.1 Å². The first-order valence-corrected chi connectivity index (χ1v) is 8.28. The summed E-state index contributed by atoms with van der Waals surface area (Å²) in [6, 6.07) is 8.86. The lowest BCUT2D eigenvalue weighted by atomic mass is 10.2. The molecule has 0 unspecified atom stereocenters. The zero-order chi connectivity index (χ0) is 19.4. The maximum atomic E-state index is 12.0. The fraction of sp³-hybridized carbons (Fsp3) is 0. The van der Waals surface area contributed by atoms with E-state index in [2.05, 4.69) is 10.3 Å². The lowest BCUT2D eigenvalue weighted by Crippen LogP contribution is -2.19. The normalized spacial score (nSPS) is 17.0. The first-order valence-electron chi connectivity index (χ1n) is 7.47. The molecule has 3 rings (SSSR count). The van der Waals surface area contributed by atoms with E-state index < -0.39 is 10.9 Å². The van der Waals surface area contributed by atoms with Crippen LogP contribution >= 0.6 is 11.8 Å². The highest BCUT2D eigenvalue weighted by Gasteiger charge is 2.23. The van der Waals surface area contributed by atoms with Crippen molar-refractivity contribution in [2.75, 3.05) is 0 Å². The maximum Gasteiger partial charge on any atom is 0.433 e. The van der Waals surface area contributed by atoms with E-state index in [0.717, 1.165) is 11.8 Å². The van der Waals surface area contributed by atoms with Gasteiger partial charge in [0, 0.05) is 0 Å². The minimum Gasteiger partial charge on any atom is -0.478 e. The summed E-state index contributed by atoms with van der Waals surface area (Å²) in [6.07, 6.45) is 4.49. The summed E-state index contributed by atoms with van der Waals surface area (Å²) in [6.45, 7) is 0. The van der Waals surface area contributed by atoms with Gasteiger partial charge in [0.25, 0.3) is 5.91 Å². The Balaban J connectivity index is 1.75. The molecule has 2 N–H and O–H groups in total. The van der Waals surface area contributed by atoms with Crippen molar-refractivity contribution in [1.82, 2.24) is 5.32 Å². The summed E-state index contributed by atoms with van der Waals surface area (Å²) >= 11 is 1.05. The van der Waals surface area contributed by atoms with E-state index in [0.29, 0.717) is 4.91 Å². The summed E-state index contributed by atoms with van der Waals surface area (Å²) in [4.78, 5) is 37.6. The molecule has 1 aromatic carbocycles. The van der Waals surface area contributed by atoms with Crippen LogP contribution in [0.4, 0.5) is 11.6 Å². The molecule has 0 saturated carbocycles. The number of nitrogens with one attached hydrogen (secondary N) is 1. The lowest BCUT2D eigenvalue weighted by Gasteiger charge is -2.00. The van der Waals surface area contributed by atoms with E-state index in [4.69, 9.17) is 9.52 Å². The van der Waals surface area contributed by atoms with Crippen molar-refractivity contribution in [1.29, 1.82) is 0 Å². The van der Waals surface area contributed by atoms with E-state index in [1.807, 2.05) is 0 Å². The molecular formula is C17H11N3O6S. The smallest absolute Gasteiger partial charge is 0.433 e. The van der Waals surface area contributed by atoms with Gasteiger partial charge in [-0.1, -0.05) is 18.2 Å². The molecule has 10 heteroatoms. The third-order valence-electron chi connectivity index (χ3n) is 3.31. The summed E-state index contributed by atoms with van der Waals surface area (Å²) in [7, 11) is 0. The highest BCUT2D eigenvalue weighted by Crippen LogP contribution is 2.28. The van der Waals surface area contributed by atoms with Crippen LogP contribution in [0.3, 0.4) is 0 Å². The fourth-order valence-electron chi connectivity index (χ4n) is 2.12. The van der Waals surface area contributed by atoms with Crippen LogP contribution in [-0.2, 0) is 4.79 Å². The predicted molar refractivity (Wildman–Crippen MR) is 98.7 cm³/mol. The van der Waals surface area contributed by atoms with Crippen molar-refractivity contribution >= 4 is 46.5 Å². The van der Waals surface area contributed by atoms with Crippen LogP contribution in [0.15, 0.2) is 62.9 Å². The molecule has 136 valence electrons. The average Bonchev–Trinajstić information content (AvgIpc) is 3.22. The number of aromatic carboxylic acids is 1. The summed E-state index contributed by atoms with van der Waals surface area (Å²) in [5, 5.41) is 22.5. The Hall–Kier alpha value is -3.66. The molecule has 1 fully saturated rings. The highest BCUT2D eigenvalue weighted by atomic mass is 32.2. The zero-order valence-corrected chi connectivity index (χ0v) is 14.3. The number of amidine groups is 1. The number of nitro groups is 1. The van der Waals surface area contributed by atoms with Gasteiger partial charge in [0.1, 0.15) is 10.7 Å². The van der Waals surface area contributed by atoms with Crippen LogP contribution < -0.4 is 5.32 Å². The number of hydrogen-bond acceptors (Lipinski definition) is 7. The maximum absolute atomic E-state index is 12.0. The molecule has 1 aliphatic heterocycles. The number of furan rings is 1. The molecule has 0 bridgehead atoms. The topological polar surface area (TPSA) is 135 Å². The van der Waals surface area contributed by atoms with Gasteiger partial charge in [-0.3, -0.25) is 14.9 Å². The number of nitrogens with zero attached hydrogens (tertiary/aromatic N) is 2. The molecule has 0 spiro atoms. The first-order chi connectivity index (χ1) is 12.9. The minimum absolute atomic E-state index is 0.0246. The van der Waals surface area contributed by atoms with Gasteiger partial charge in [0.15, 0.2) is 5.17 Å². The van der Waals surface area contributed by atoms with Crippen molar-refractivity contribution in [3.05, 3.63) is 74.9 Å². The van der Waals surface area contributed by atoms with Crippen molar-refractivity contribution in [3.8, 4) is 0 Å². The van der Waals surface area contributed by atoms with E-state index in [1.165, 1.54) is 42.5 Å². The van der Waals surface area contributed by atoms with Crippen LogP contribution in [-0.4, -0.2) is 27.1 Å². The van der Waals surface area contributed by atoms with Crippen LogP contribution in [0.5, 0.6) is 0 Å². The second kappa shape index (κ2) is 7.70. The Morgan fingerprint density at radius 2 is 2.07 bits per heavy atom. The number of amides is 1. The fourth-order valence-corrected chi connectivity index (χ4v) is 2.90. The monoisotopic (exact) mass is 385 g/mol. The Bertz CT molecular complexity index is 1020. The Morgan fingerprint density at radius 3 is 2.78 bits per heavy atom. The van der Waals surface area contributed by atoms with E-state index in [-0.39, 0.29) is 34.0 Å². The second-order valence-electron chi connectivity index (χ2n) is 5.12. The van der Waals surface area contributed by atoms with E-state index in [9.17, 15) is 19.7 Å². The Morgan fingerprint density at radius 1 is 1.30 bits per heavy atom. The van der Waals surface area contributed by atoms with E-state index >= 15 is 0 Å². The molecule has 0 aliphatic carbocycles. The number of allylic oxidation sites excluding steroid dienone is 2. The molecule has 2 aromatic rings. The highest BCUT2D eigenvalue weighted by molar-refractivity contribution is 8.18. The molecule has 2 heterocycles. The predicted octanol–water partition coefficient (Wildman–Crippen LogP) is 3.33. The van der Waals surface area contributed by atoms with E-state index in [1.54, 1.807) is 12.1 Å². The van der Waals surface area contributed by atoms with Crippen molar-refractivity contribution in [2.45, 2.75) is 0 Å². The zero-order valence-electron chi connectivity index (χ0n) is 13.5. The number of rotatable bonds is 5. The number of carbonyl (C=O) groups excluding carboxylic acids is 1. The first kappa shape index (κ1) is 18.1. The lowest BCUT2D eigenvalue weighted by molar-refractivity contribution is -0.402. The largest absolute Gasteiger partial charge is 0.478 e. The minimum atomic E-state index is -1.12. The molecular weight excluding hydrogens is 374 g/mol. The molecule has 1 aromatic heterocycles. The number of benzene rings is 1. The van der Waals surface area contributed by atoms with Gasteiger partial charge in [0.2, 0.25) is 0 Å². The summed E-state index contributed by atoms with van der Waals surface area (Å²) in [5.41, 5.74) is 0.254.